The maximum absolute atomic E-state index is 5.16. The molecule has 4 nitrogen and oxygen atoms in total. The smallest absolute Gasteiger partial charge is 0.167 e. The lowest BCUT2D eigenvalue weighted by Crippen LogP contribution is -1.86. The number of benzene rings is 5. The van der Waals surface area contributed by atoms with Crippen molar-refractivity contribution >= 4 is 86.9 Å². The Labute approximate surface area is 367 Å². The maximum Gasteiger partial charge on any atom is 0.167 e. The van der Waals surface area contributed by atoms with Crippen LogP contribution in [0, 0.1) is 0 Å². The number of rotatable bonds is 5. The van der Waals surface area contributed by atoms with E-state index in [-0.39, 0.29) is 0 Å². The van der Waals surface area contributed by atoms with E-state index in [9.17, 15) is 0 Å². The van der Waals surface area contributed by atoms with Crippen molar-refractivity contribution in [3.05, 3.63) is 165 Å². The summed E-state index contributed by atoms with van der Waals surface area (Å²) in [6.45, 7) is 22.0. The van der Waals surface area contributed by atoms with Crippen molar-refractivity contribution in [1.29, 1.82) is 0 Å². The molecule has 0 N–H and O–H groups in total. The van der Waals surface area contributed by atoms with Crippen LogP contribution in [0.3, 0.4) is 0 Å². The van der Waals surface area contributed by atoms with Gasteiger partial charge in [0.25, 0.3) is 0 Å². The summed E-state index contributed by atoms with van der Waals surface area (Å²) in [7, 11) is 0. The Bertz CT molecular complexity index is 2650. The largest absolute Gasteiger partial charge is 0.356 e. The number of para-hydroxylation sites is 1. The van der Waals surface area contributed by atoms with E-state index < -0.39 is 0 Å². The van der Waals surface area contributed by atoms with Crippen molar-refractivity contribution in [2.24, 2.45) is 0 Å². The molecule has 0 saturated carbocycles. The number of nitrogens with zero attached hydrogens (tertiary/aromatic N) is 2. The van der Waals surface area contributed by atoms with Gasteiger partial charge in [-0.05, 0) is 137 Å². The third-order valence-electron chi connectivity index (χ3n) is 10.5. The van der Waals surface area contributed by atoms with Gasteiger partial charge < -0.3 is 9.05 Å². The van der Waals surface area contributed by atoms with Crippen molar-refractivity contribution in [3.8, 4) is 0 Å². The van der Waals surface area contributed by atoms with E-state index in [0.29, 0.717) is 29.6 Å². The molecule has 0 bridgehead atoms. The second-order valence-corrected chi connectivity index (χ2v) is 19.2. The van der Waals surface area contributed by atoms with E-state index in [4.69, 9.17) is 9.05 Å². The molecule has 10 aromatic rings. The van der Waals surface area contributed by atoms with Crippen molar-refractivity contribution in [2.75, 3.05) is 0 Å². The van der Waals surface area contributed by atoms with E-state index in [2.05, 4.69) is 174 Å². The van der Waals surface area contributed by atoms with Gasteiger partial charge in [-0.25, -0.2) is 0 Å². The molecule has 5 aromatic carbocycles. The van der Waals surface area contributed by atoms with E-state index in [1.54, 1.807) is 17.5 Å². The molecule has 0 fully saturated rings. The third-order valence-corrected chi connectivity index (χ3v) is 13.1. The van der Waals surface area contributed by atoms with Crippen LogP contribution in [-0.2, 0) is 0 Å². The normalized spacial score (nSPS) is 11.2. The average Bonchev–Trinajstić information content (AvgIpc) is 4.10. The van der Waals surface area contributed by atoms with Crippen LogP contribution in [0.2, 0.25) is 0 Å². The fourth-order valence-corrected chi connectivity index (χ4v) is 9.78. The molecule has 7 heteroatoms. The van der Waals surface area contributed by atoms with E-state index in [1.807, 2.05) is 59.1 Å². The molecule has 0 atom stereocenters. The van der Waals surface area contributed by atoms with Crippen LogP contribution in [0.15, 0.2) is 146 Å². The standard InChI is InChI=1S/3C11H12S.2C10H11NO/c1-8(2)10-5-3-4-9-6-12-7-11(9)10;1-8(2)9-4-3-5-11-10(9)6-7-12-11;1-8(2)10-5-3-4-9-6-7-12-11(9)10;1-7(2)8-3-4-9-6-11-12-10(9)5-8;1-7(2)10-8-5-3-4-6-9(8)12-11-10/h3*3-8H,1-2H3;2*3-7H,1-2H3. The summed E-state index contributed by atoms with van der Waals surface area (Å²) in [5.74, 6) is 2.85. The van der Waals surface area contributed by atoms with Gasteiger partial charge in [0.2, 0.25) is 0 Å². The van der Waals surface area contributed by atoms with E-state index >= 15 is 0 Å². The lowest BCUT2D eigenvalue weighted by Gasteiger charge is -2.05. The molecule has 5 aromatic heterocycles. The first-order valence-corrected chi connectivity index (χ1v) is 23.7. The van der Waals surface area contributed by atoms with Crippen LogP contribution in [0.5, 0.6) is 0 Å². The zero-order chi connectivity index (χ0) is 42.8. The minimum absolute atomic E-state index is 0.425. The second-order valence-electron chi connectivity index (χ2n) is 16.5. The zero-order valence-electron chi connectivity index (χ0n) is 36.6. The summed E-state index contributed by atoms with van der Waals surface area (Å²) in [6, 6.07) is 38.2. The monoisotopic (exact) mass is 850 g/mol. The van der Waals surface area contributed by atoms with Crippen molar-refractivity contribution < 1.29 is 9.05 Å². The fourth-order valence-electron chi connectivity index (χ4n) is 7.07. The summed E-state index contributed by atoms with van der Waals surface area (Å²) in [6.07, 6.45) is 1.74. The molecule has 310 valence electrons. The Kier molecular flexibility index (Phi) is 15.5. The molecule has 60 heavy (non-hydrogen) atoms. The number of fused-ring (bicyclic) bond motifs is 5. The maximum atomic E-state index is 5.16. The molecular weight excluding hydrogens is 793 g/mol. The van der Waals surface area contributed by atoms with Crippen molar-refractivity contribution in [2.45, 2.75) is 98.8 Å². The lowest BCUT2D eigenvalue weighted by atomic mass is 9.99. The van der Waals surface area contributed by atoms with Crippen molar-refractivity contribution in [3.63, 3.8) is 0 Å². The summed E-state index contributed by atoms with van der Waals surface area (Å²) < 4.78 is 13.1. The molecule has 5 heterocycles. The van der Waals surface area contributed by atoms with Crippen LogP contribution in [0.4, 0.5) is 0 Å². The average molecular weight is 851 g/mol. The molecule has 10 rings (SSSR count). The lowest BCUT2D eigenvalue weighted by molar-refractivity contribution is 0.441. The van der Waals surface area contributed by atoms with Crippen LogP contribution < -0.4 is 0 Å². The van der Waals surface area contributed by atoms with Gasteiger partial charge >= 0.3 is 0 Å². The van der Waals surface area contributed by atoms with Gasteiger partial charge in [0.05, 0.1) is 11.9 Å². The highest BCUT2D eigenvalue weighted by atomic mass is 32.1. The molecule has 0 radical (unpaired) electrons. The fraction of sp³-hybridized carbons (Fsp3) is 0.283. The van der Waals surface area contributed by atoms with Crippen LogP contribution in [0.25, 0.3) is 52.9 Å². The summed E-state index contributed by atoms with van der Waals surface area (Å²) in [4.78, 5) is 0. The number of hydrogen-bond donors (Lipinski definition) is 0. The second kappa shape index (κ2) is 20.9. The highest BCUT2D eigenvalue weighted by Gasteiger charge is 2.10. The predicted molar refractivity (Wildman–Crippen MR) is 264 cm³/mol. The molecule has 0 aliphatic rings. The minimum atomic E-state index is 0.425. The zero-order valence-corrected chi connectivity index (χ0v) is 39.1. The SMILES string of the molecule is CC(C)c1ccc2cnoc2c1.CC(C)c1cccc2ccsc12.CC(C)c1cccc2cscc12.CC(C)c1cccc2sccc12.CC(C)c1noc2ccccc12. The predicted octanol–water partition coefficient (Wildman–Crippen LogP) is 18.0. The van der Waals surface area contributed by atoms with Gasteiger partial charge in [-0.2, -0.15) is 11.3 Å². The molecule has 0 aliphatic carbocycles. The molecule has 0 aliphatic heterocycles. The minimum Gasteiger partial charge on any atom is -0.356 e. The van der Waals surface area contributed by atoms with Gasteiger partial charge in [-0.3, -0.25) is 0 Å². The molecule has 0 unspecified atom stereocenters. The molecule has 0 amide bonds. The Morgan fingerprint density at radius 2 is 1.13 bits per heavy atom. The first kappa shape index (κ1) is 44.5. The van der Waals surface area contributed by atoms with Gasteiger partial charge in [-0.15, -0.1) is 22.7 Å². The molecule has 0 saturated heterocycles. The third kappa shape index (κ3) is 11.0. The number of hydrogen-bond acceptors (Lipinski definition) is 7. The Hall–Kier alpha value is -5.08. The van der Waals surface area contributed by atoms with Gasteiger partial charge in [0.1, 0.15) is 0 Å². The highest BCUT2D eigenvalue weighted by Crippen LogP contribution is 2.31. The summed E-state index contributed by atoms with van der Waals surface area (Å²) >= 11 is 5.45. The van der Waals surface area contributed by atoms with Gasteiger partial charge in [-0.1, -0.05) is 146 Å². The first-order chi connectivity index (χ1) is 28.9. The topological polar surface area (TPSA) is 52.1 Å². The number of aromatic nitrogens is 2. The summed E-state index contributed by atoms with van der Waals surface area (Å²) in [5.41, 5.74) is 8.50. The van der Waals surface area contributed by atoms with Gasteiger partial charge in [0.15, 0.2) is 11.2 Å². The quantitative estimate of drug-likeness (QED) is 0.173. The summed E-state index contributed by atoms with van der Waals surface area (Å²) in [5, 5.41) is 24.3. The Morgan fingerprint density at radius 1 is 0.467 bits per heavy atom. The van der Waals surface area contributed by atoms with Crippen LogP contribution in [0.1, 0.15) is 127 Å². The van der Waals surface area contributed by atoms with E-state index in [1.165, 1.54) is 53.2 Å². The Morgan fingerprint density at radius 3 is 1.85 bits per heavy atom. The first-order valence-electron chi connectivity index (χ1n) is 21.0. The number of thiophene rings is 3. The Balaban J connectivity index is 0.000000126. The van der Waals surface area contributed by atoms with Crippen LogP contribution >= 0.6 is 34.0 Å². The van der Waals surface area contributed by atoms with Crippen molar-refractivity contribution in [1.82, 2.24) is 10.3 Å². The molecule has 0 spiro atoms. The van der Waals surface area contributed by atoms with Gasteiger partial charge in [0, 0.05) is 20.2 Å². The molecular formula is C53H58N2O2S3. The van der Waals surface area contributed by atoms with Crippen LogP contribution in [-0.4, -0.2) is 10.3 Å². The van der Waals surface area contributed by atoms with E-state index in [0.717, 1.165) is 27.6 Å². The highest BCUT2D eigenvalue weighted by molar-refractivity contribution is 7.17.